The van der Waals surface area contributed by atoms with Gasteiger partial charge >= 0.3 is 6.18 Å². The van der Waals surface area contributed by atoms with E-state index < -0.39 is 11.7 Å². The van der Waals surface area contributed by atoms with Crippen molar-refractivity contribution in [2.45, 2.75) is 12.7 Å². The van der Waals surface area contributed by atoms with Crippen molar-refractivity contribution >= 4 is 12.2 Å². The molecule has 2 N–H and O–H groups in total. The van der Waals surface area contributed by atoms with Crippen LogP contribution in [0.2, 0.25) is 0 Å². The molecule has 0 bridgehead atoms. The predicted molar refractivity (Wildman–Crippen MR) is 115 cm³/mol. The summed E-state index contributed by atoms with van der Waals surface area (Å²) < 4.78 is 45.9. The largest absolute Gasteiger partial charge is 0.490 e. The van der Waals surface area contributed by atoms with Gasteiger partial charge in [-0.05, 0) is 46.9 Å². The van der Waals surface area contributed by atoms with Gasteiger partial charge in [-0.1, -0.05) is 36.9 Å². The quantitative estimate of drug-likeness (QED) is 0.453. The number of rotatable bonds is 9. The normalized spacial score (nSPS) is 14.3. The number of hydrogen-bond acceptors (Lipinski definition) is 4. The number of nitriles is 1. The molecule has 0 saturated carbocycles. The van der Waals surface area contributed by atoms with Gasteiger partial charge in [-0.2, -0.15) is 18.4 Å². The van der Waals surface area contributed by atoms with Gasteiger partial charge in [0.25, 0.3) is 0 Å². The Labute approximate surface area is 180 Å². The van der Waals surface area contributed by atoms with Crippen LogP contribution in [0.5, 0.6) is 5.75 Å². The van der Waals surface area contributed by atoms with Gasteiger partial charge in [-0.3, -0.25) is 0 Å². The third kappa shape index (κ3) is 6.45. The minimum Gasteiger partial charge on any atom is -0.490 e. The van der Waals surface area contributed by atoms with E-state index >= 15 is 0 Å². The van der Waals surface area contributed by atoms with Crippen LogP contribution in [0.1, 0.15) is 27.8 Å². The number of halogens is 3. The number of benzene rings is 2. The first kappa shape index (κ1) is 22.6. The molecule has 1 heterocycles. The summed E-state index contributed by atoms with van der Waals surface area (Å²) in [5.41, 5.74) is 0.837. The van der Waals surface area contributed by atoms with Crippen LogP contribution in [-0.4, -0.2) is 26.2 Å². The average molecular weight is 427 g/mol. The minimum absolute atomic E-state index is 0.000992. The van der Waals surface area contributed by atoms with Crippen molar-refractivity contribution in [1.82, 2.24) is 10.6 Å². The molecule has 0 unspecified atom stereocenters. The summed E-state index contributed by atoms with van der Waals surface area (Å²) in [6.45, 7) is 7.53. The van der Waals surface area contributed by atoms with Gasteiger partial charge in [0, 0.05) is 26.2 Å². The summed E-state index contributed by atoms with van der Waals surface area (Å²) in [5, 5.41) is 15.6. The zero-order valence-electron chi connectivity index (χ0n) is 17.0. The second kappa shape index (κ2) is 10.3. The molecule has 0 radical (unpaired) electrons. The maximum absolute atomic E-state index is 13.4. The zero-order chi connectivity index (χ0) is 22.3. The maximum atomic E-state index is 13.4. The Hall–Kier alpha value is -3.08. The van der Waals surface area contributed by atoms with E-state index in [-0.39, 0.29) is 11.1 Å². The number of ether oxygens (including phenoxy) is 1. The average Bonchev–Trinajstić information content (AvgIpc) is 2.71. The van der Waals surface area contributed by atoms with Crippen molar-refractivity contribution < 1.29 is 17.9 Å². The Morgan fingerprint density at radius 1 is 1.19 bits per heavy atom. The summed E-state index contributed by atoms with van der Waals surface area (Å²) in [6.07, 6.45) is 0.119. The van der Waals surface area contributed by atoms with E-state index in [0.717, 1.165) is 36.8 Å². The molecule has 31 heavy (non-hydrogen) atoms. The van der Waals surface area contributed by atoms with Gasteiger partial charge in [0.2, 0.25) is 0 Å². The molecule has 0 spiro atoms. The van der Waals surface area contributed by atoms with Gasteiger partial charge < -0.3 is 15.4 Å². The molecule has 1 aliphatic rings. The van der Waals surface area contributed by atoms with Gasteiger partial charge in [0.1, 0.15) is 12.4 Å². The van der Waals surface area contributed by atoms with Crippen molar-refractivity contribution in [2.24, 2.45) is 5.92 Å². The minimum atomic E-state index is -4.55. The number of nitrogens with one attached hydrogen (secondary N) is 2. The fourth-order valence-corrected chi connectivity index (χ4v) is 3.24. The molecule has 0 amide bonds. The van der Waals surface area contributed by atoms with E-state index in [0.29, 0.717) is 24.8 Å². The second-order valence-electron chi connectivity index (χ2n) is 7.41. The third-order valence-electron chi connectivity index (χ3n) is 4.93. The van der Waals surface area contributed by atoms with Gasteiger partial charge in [0.15, 0.2) is 0 Å². The van der Waals surface area contributed by atoms with Crippen molar-refractivity contribution in [3.05, 3.63) is 76.9 Å². The van der Waals surface area contributed by atoms with Crippen LogP contribution in [-0.2, 0) is 12.7 Å². The Morgan fingerprint density at radius 3 is 2.65 bits per heavy atom. The van der Waals surface area contributed by atoms with E-state index in [1.165, 1.54) is 18.2 Å². The lowest BCUT2D eigenvalue weighted by Crippen LogP contribution is -2.47. The SMILES string of the molecule is C=CCOc1cc(/C=C/c2ccc(C#N)cc2C(F)(F)F)cc(CNCC2CNC2)c1. The highest BCUT2D eigenvalue weighted by Crippen LogP contribution is 2.33. The van der Waals surface area contributed by atoms with Crippen LogP contribution < -0.4 is 15.4 Å². The van der Waals surface area contributed by atoms with Crippen molar-refractivity contribution in [1.29, 1.82) is 5.26 Å². The Bertz CT molecular complexity index is 989. The molecule has 1 fully saturated rings. The highest BCUT2D eigenvalue weighted by Gasteiger charge is 2.33. The third-order valence-corrected chi connectivity index (χ3v) is 4.93. The molecular formula is C24H24F3N3O. The highest BCUT2D eigenvalue weighted by molar-refractivity contribution is 5.72. The molecule has 0 atom stereocenters. The van der Waals surface area contributed by atoms with E-state index in [2.05, 4.69) is 17.2 Å². The monoisotopic (exact) mass is 427 g/mol. The summed E-state index contributed by atoms with van der Waals surface area (Å²) in [4.78, 5) is 0. The van der Waals surface area contributed by atoms with Crippen LogP contribution in [0.25, 0.3) is 12.2 Å². The Kier molecular flexibility index (Phi) is 7.50. The fraction of sp³-hybridized carbons (Fsp3) is 0.292. The lowest BCUT2D eigenvalue weighted by Gasteiger charge is -2.27. The molecule has 3 rings (SSSR count). The van der Waals surface area contributed by atoms with Crippen molar-refractivity contribution in [3.63, 3.8) is 0 Å². The van der Waals surface area contributed by atoms with Crippen LogP contribution in [0.3, 0.4) is 0 Å². The van der Waals surface area contributed by atoms with E-state index in [1.807, 2.05) is 12.1 Å². The highest BCUT2D eigenvalue weighted by atomic mass is 19.4. The summed E-state index contributed by atoms with van der Waals surface area (Å²) in [7, 11) is 0. The number of nitrogens with zero attached hydrogens (tertiary/aromatic N) is 1. The molecule has 1 aliphatic heterocycles. The summed E-state index contributed by atoms with van der Waals surface area (Å²) in [6, 6.07) is 10.9. The predicted octanol–water partition coefficient (Wildman–Crippen LogP) is 4.62. The first-order valence-corrected chi connectivity index (χ1v) is 9.97. The molecule has 0 aromatic heterocycles. The van der Waals surface area contributed by atoms with Crippen molar-refractivity contribution in [3.8, 4) is 11.8 Å². The fourth-order valence-electron chi connectivity index (χ4n) is 3.24. The Balaban J connectivity index is 1.83. The lowest BCUT2D eigenvalue weighted by atomic mass is 10.0. The zero-order valence-corrected chi connectivity index (χ0v) is 17.0. The Morgan fingerprint density at radius 2 is 2.00 bits per heavy atom. The first-order valence-electron chi connectivity index (χ1n) is 9.97. The number of hydrogen-bond donors (Lipinski definition) is 2. The molecule has 2 aromatic rings. The molecule has 162 valence electrons. The molecule has 7 heteroatoms. The lowest BCUT2D eigenvalue weighted by molar-refractivity contribution is -0.137. The van der Waals surface area contributed by atoms with E-state index in [1.54, 1.807) is 24.3 Å². The van der Waals surface area contributed by atoms with Gasteiger partial charge in [-0.25, -0.2) is 0 Å². The van der Waals surface area contributed by atoms with Gasteiger partial charge in [-0.15, -0.1) is 0 Å². The van der Waals surface area contributed by atoms with Crippen LogP contribution in [0.4, 0.5) is 13.2 Å². The molecular weight excluding hydrogens is 403 g/mol. The van der Waals surface area contributed by atoms with E-state index in [4.69, 9.17) is 10.00 Å². The van der Waals surface area contributed by atoms with Crippen LogP contribution >= 0.6 is 0 Å². The molecule has 0 aliphatic carbocycles. The maximum Gasteiger partial charge on any atom is 0.417 e. The summed E-state index contributed by atoms with van der Waals surface area (Å²) >= 11 is 0. The van der Waals surface area contributed by atoms with Gasteiger partial charge in [0.05, 0.1) is 17.2 Å². The standard InChI is InChI=1S/C24H24F3N3O/c1-2-7-31-22-9-17(8-19(10-22)13-29-14-20-15-30-16-20)3-5-21-6-4-18(12-28)11-23(21)24(25,26)27/h2-6,8-11,20,29-30H,1,7,13-16H2/b5-3+. The van der Waals surface area contributed by atoms with Crippen LogP contribution in [0, 0.1) is 17.2 Å². The van der Waals surface area contributed by atoms with E-state index in [9.17, 15) is 13.2 Å². The first-order chi connectivity index (χ1) is 14.9. The van der Waals surface area contributed by atoms with Crippen LogP contribution in [0.15, 0.2) is 49.1 Å². The molecule has 4 nitrogen and oxygen atoms in total. The summed E-state index contributed by atoms with van der Waals surface area (Å²) in [5.74, 6) is 1.25. The number of alkyl halides is 3. The van der Waals surface area contributed by atoms with Crippen molar-refractivity contribution in [2.75, 3.05) is 26.2 Å². The molecule has 2 aromatic carbocycles. The smallest absolute Gasteiger partial charge is 0.417 e. The second-order valence-corrected chi connectivity index (χ2v) is 7.41. The topological polar surface area (TPSA) is 57.1 Å². The molecule has 1 saturated heterocycles.